The van der Waals surface area contributed by atoms with Crippen molar-refractivity contribution in [3.8, 4) is 5.75 Å². The Labute approximate surface area is 164 Å². The molecular weight excluding hydrogens is 354 g/mol. The maximum absolute atomic E-state index is 12.3. The Balaban J connectivity index is 1.32. The number of carbonyl (C=O) groups excluding carboxylic acids is 2. The van der Waals surface area contributed by atoms with Gasteiger partial charge in [-0.1, -0.05) is 36.4 Å². The summed E-state index contributed by atoms with van der Waals surface area (Å²) in [5.41, 5.74) is 4.32. The molecule has 1 fully saturated rings. The molecule has 4 rings (SSSR count). The van der Waals surface area contributed by atoms with E-state index in [-0.39, 0.29) is 18.4 Å². The zero-order valence-electron chi connectivity index (χ0n) is 15.9. The highest BCUT2D eigenvalue weighted by atomic mass is 16.5. The van der Waals surface area contributed by atoms with Crippen LogP contribution < -0.4 is 15.4 Å². The van der Waals surface area contributed by atoms with Crippen LogP contribution in [0.2, 0.25) is 0 Å². The van der Waals surface area contributed by atoms with Gasteiger partial charge < -0.3 is 20.3 Å². The summed E-state index contributed by atoms with van der Waals surface area (Å²) in [6.07, 6.45) is 2.54. The molecule has 0 spiro atoms. The first-order valence-electron chi connectivity index (χ1n) is 9.80. The lowest BCUT2D eigenvalue weighted by molar-refractivity contribution is -0.128. The molecule has 146 valence electrons. The summed E-state index contributed by atoms with van der Waals surface area (Å²) in [6.45, 7) is 2.71. The van der Waals surface area contributed by atoms with Gasteiger partial charge in [-0.3, -0.25) is 9.59 Å². The molecule has 2 amide bonds. The number of fused-ring (bicyclic) bond motifs is 1. The van der Waals surface area contributed by atoms with Crippen LogP contribution in [-0.2, 0) is 29.1 Å². The molecule has 2 aliphatic heterocycles. The fourth-order valence-electron chi connectivity index (χ4n) is 3.78. The van der Waals surface area contributed by atoms with Gasteiger partial charge in [0.25, 0.3) is 5.91 Å². The van der Waals surface area contributed by atoms with Crippen molar-refractivity contribution in [2.75, 3.05) is 25.0 Å². The number of nitrogens with one attached hydrogen (secondary N) is 2. The third-order valence-electron chi connectivity index (χ3n) is 5.29. The smallest absolute Gasteiger partial charge is 0.258 e. The normalized spacial score (nSPS) is 15.3. The van der Waals surface area contributed by atoms with Gasteiger partial charge in [0.15, 0.2) is 6.61 Å². The second-order valence-corrected chi connectivity index (χ2v) is 7.22. The molecule has 0 aromatic heterocycles. The Kier molecular flexibility index (Phi) is 5.46. The summed E-state index contributed by atoms with van der Waals surface area (Å²) >= 11 is 0. The van der Waals surface area contributed by atoms with E-state index in [1.165, 1.54) is 5.56 Å². The van der Waals surface area contributed by atoms with Crippen molar-refractivity contribution >= 4 is 17.5 Å². The van der Waals surface area contributed by atoms with E-state index in [4.69, 9.17) is 4.74 Å². The highest BCUT2D eigenvalue weighted by molar-refractivity contribution is 5.78. The van der Waals surface area contributed by atoms with E-state index in [1.807, 2.05) is 41.3 Å². The minimum atomic E-state index is -0.164. The molecule has 0 aliphatic carbocycles. The first kappa shape index (κ1) is 18.3. The highest BCUT2D eigenvalue weighted by Crippen LogP contribution is 2.32. The molecule has 0 bridgehead atoms. The van der Waals surface area contributed by atoms with Crippen LogP contribution in [0.1, 0.15) is 29.5 Å². The molecule has 2 aliphatic rings. The summed E-state index contributed by atoms with van der Waals surface area (Å²) in [7, 11) is 0. The van der Waals surface area contributed by atoms with Crippen molar-refractivity contribution in [2.45, 2.75) is 32.4 Å². The summed E-state index contributed by atoms with van der Waals surface area (Å²) < 4.78 is 5.72. The Bertz CT molecular complexity index is 881. The topological polar surface area (TPSA) is 70.7 Å². The minimum absolute atomic E-state index is 0.0229. The standard InChI is InChI=1S/C22H25N3O3/c26-20(15-28-19-8-3-7-16-10-11-23-22(16)19)24-13-17-5-1-2-6-18(17)14-25-12-4-9-21(25)27/h1-3,5-8,23H,4,9-15H2,(H,24,26). The van der Waals surface area contributed by atoms with E-state index in [9.17, 15) is 9.59 Å². The fraction of sp³-hybridized carbons (Fsp3) is 0.364. The molecule has 2 aromatic carbocycles. The van der Waals surface area contributed by atoms with Crippen molar-refractivity contribution in [2.24, 2.45) is 0 Å². The molecule has 2 N–H and O–H groups in total. The zero-order valence-corrected chi connectivity index (χ0v) is 15.9. The Morgan fingerprint density at radius 3 is 2.79 bits per heavy atom. The number of ether oxygens (including phenoxy) is 1. The SMILES string of the molecule is O=C(COc1cccc2c1NCC2)NCc1ccccc1CN1CCCC1=O. The van der Waals surface area contributed by atoms with E-state index in [2.05, 4.69) is 16.7 Å². The maximum atomic E-state index is 12.3. The monoisotopic (exact) mass is 379 g/mol. The third-order valence-corrected chi connectivity index (χ3v) is 5.29. The lowest BCUT2D eigenvalue weighted by Gasteiger charge is -2.18. The van der Waals surface area contributed by atoms with E-state index >= 15 is 0 Å². The van der Waals surface area contributed by atoms with Crippen LogP contribution in [0.25, 0.3) is 0 Å². The van der Waals surface area contributed by atoms with Crippen LogP contribution in [-0.4, -0.2) is 36.4 Å². The quantitative estimate of drug-likeness (QED) is 0.775. The van der Waals surface area contributed by atoms with E-state index in [1.54, 1.807) is 0 Å². The molecule has 2 aromatic rings. The number of likely N-dealkylation sites (tertiary alicyclic amines) is 1. The lowest BCUT2D eigenvalue weighted by atomic mass is 10.1. The van der Waals surface area contributed by atoms with Crippen LogP contribution in [0.15, 0.2) is 42.5 Å². The van der Waals surface area contributed by atoms with Crippen LogP contribution in [0.5, 0.6) is 5.75 Å². The average molecular weight is 379 g/mol. The molecule has 0 saturated carbocycles. The molecule has 6 heteroatoms. The van der Waals surface area contributed by atoms with Crippen LogP contribution in [0.3, 0.4) is 0 Å². The summed E-state index contributed by atoms with van der Waals surface area (Å²) in [5, 5.41) is 6.23. The zero-order chi connectivity index (χ0) is 19.3. The molecule has 1 saturated heterocycles. The van der Waals surface area contributed by atoms with Crippen molar-refractivity contribution in [3.63, 3.8) is 0 Å². The third kappa shape index (κ3) is 4.11. The predicted molar refractivity (Wildman–Crippen MR) is 107 cm³/mol. The van der Waals surface area contributed by atoms with Gasteiger partial charge in [0.05, 0.1) is 5.69 Å². The van der Waals surface area contributed by atoms with Crippen LogP contribution in [0.4, 0.5) is 5.69 Å². The number of hydrogen-bond acceptors (Lipinski definition) is 4. The molecule has 28 heavy (non-hydrogen) atoms. The summed E-state index contributed by atoms with van der Waals surface area (Å²) in [6, 6.07) is 13.8. The first-order valence-corrected chi connectivity index (χ1v) is 9.80. The number of amides is 2. The Hall–Kier alpha value is -3.02. The maximum Gasteiger partial charge on any atom is 0.258 e. The summed E-state index contributed by atoms with van der Waals surface area (Å²) in [4.78, 5) is 26.0. The number of anilines is 1. The van der Waals surface area contributed by atoms with Gasteiger partial charge in [0.1, 0.15) is 5.75 Å². The van der Waals surface area contributed by atoms with E-state index in [0.29, 0.717) is 19.5 Å². The largest absolute Gasteiger partial charge is 0.482 e. The molecule has 0 atom stereocenters. The Morgan fingerprint density at radius 1 is 1.11 bits per heavy atom. The average Bonchev–Trinajstić information content (AvgIpc) is 3.35. The molecule has 0 unspecified atom stereocenters. The minimum Gasteiger partial charge on any atom is -0.482 e. The second kappa shape index (κ2) is 8.33. The Morgan fingerprint density at radius 2 is 1.96 bits per heavy atom. The van der Waals surface area contributed by atoms with Gasteiger partial charge in [-0.15, -0.1) is 0 Å². The fourth-order valence-corrected chi connectivity index (χ4v) is 3.78. The molecule has 6 nitrogen and oxygen atoms in total. The van der Waals surface area contributed by atoms with E-state index < -0.39 is 0 Å². The van der Waals surface area contributed by atoms with Gasteiger partial charge in [0, 0.05) is 32.6 Å². The molecular formula is C22H25N3O3. The van der Waals surface area contributed by atoms with Crippen molar-refractivity contribution < 1.29 is 14.3 Å². The van der Waals surface area contributed by atoms with Gasteiger partial charge in [0.2, 0.25) is 5.91 Å². The van der Waals surface area contributed by atoms with Crippen molar-refractivity contribution in [3.05, 3.63) is 59.2 Å². The number of rotatable bonds is 7. The molecule has 2 heterocycles. The van der Waals surface area contributed by atoms with Crippen LogP contribution in [0, 0.1) is 0 Å². The lowest BCUT2D eigenvalue weighted by Crippen LogP contribution is -2.30. The molecule has 0 radical (unpaired) electrons. The number of benzene rings is 2. The number of hydrogen-bond donors (Lipinski definition) is 2. The van der Waals surface area contributed by atoms with Gasteiger partial charge in [-0.25, -0.2) is 0 Å². The van der Waals surface area contributed by atoms with Gasteiger partial charge in [-0.05, 0) is 35.6 Å². The van der Waals surface area contributed by atoms with Gasteiger partial charge >= 0.3 is 0 Å². The van der Waals surface area contributed by atoms with Crippen molar-refractivity contribution in [1.82, 2.24) is 10.2 Å². The predicted octanol–water partition coefficient (Wildman–Crippen LogP) is 2.47. The van der Waals surface area contributed by atoms with Crippen LogP contribution >= 0.6 is 0 Å². The number of nitrogens with zero attached hydrogens (tertiary/aromatic N) is 1. The van der Waals surface area contributed by atoms with E-state index in [0.717, 1.165) is 48.5 Å². The number of para-hydroxylation sites is 1. The first-order chi connectivity index (χ1) is 13.7. The summed E-state index contributed by atoms with van der Waals surface area (Å²) in [5.74, 6) is 0.761. The highest BCUT2D eigenvalue weighted by Gasteiger charge is 2.21. The number of carbonyl (C=O) groups is 2. The van der Waals surface area contributed by atoms with Crippen molar-refractivity contribution in [1.29, 1.82) is 0 Å². The second-order valence-electron chi connectivity index (χ2n) is 7.22. The van der Waals surface area contributed by atoms with Gasteiger partial charge in [-0.2, -0.15) is 0 Å².